The van der Waals surface area contributed by atoms with E-state index in [4.69, 9.17) is 0 Å². The minimum atomic E-state index is -2.03. The normalized spacial score (nSPS) is 11.1. The molecule has 0 radical (unpaired) electrons. The summed E-state index contributed by atoms with van der Waals surface area (Å²) in [6.45, 7) is 0. The van der Waals surface area contributed by atoms with Crippen molar-refractivity contribution in [1.29, 1.82) is 0 Å². The molecule has 0 bridgehead atoms. The van der Waals surface area contributed by atoms with Crippen LogP contribution in [0, 0.1) is 23.3 Å². The number of anilines is 1. The first kappa shape index (κ1) is 17.2. The number of nitrogens with one attached hydrogen (secondary N) is 1. The fourth-order valence-corrected chi connectivity index (χ4v) is 3.23. The van der Waals surface area contributed by atoms with Gasteiger partial charge in [-0.15, -0.1) is 11.3 Å². The van der Waals surface area contributed by atoms with Gasteiger partial charge in [-0.2, -0.15) is 0 Å². The van der Waals surface area contributed by atoms with E-state index in [0.29, 0.717) is 6.07 Å². The van der Waals surface area contributed by atoms with Crippen molar-refractivity contribution >= 4 is 27.9 Å². The predicted molar refractivity (Wildman–Crippen MR) is 92.7 cm³/mol. The Labute approximate surface area is 153 Å². The molecule has 4 rings (SSSR count). The smallest absolute Gasteiger partial charge is 0.258 e. The van der Waals surface area contributed by atoms with Crippen LogP contribution in [0.4, 0.5) is 23.2 Å². The predicted octanol–water partition coefficient (Wildman–Crippen LogP) is 4.87. The largest absolute Gasteiger partial charge is 0.322 e. The summed E-state index contributed by atoms with van der Waals surface area (Å²) in [4.78, 5) is 17.3. The molecule has 4 aromatic rings. The van der Waals surface area contributed by atoms with Gasteiger partial charge < -0.3 is 5.32 Å². The number of thiazole rings is 1. The van der Waals surface area contributed by atoms with Crippen LogP contribution >= 0.6 is 11.3 Å². The van der Waals surface area contributed by atoms with Gasteiger partial charge in [0, 0.05) is 29.0 Å². The number of fused-ring (bicyclic) bond motifs is 1. The quantitative estimate of drug-likeness (QED) is 0.308. The van der Waals surface area contributed by atoms with Crippen molar-refractivity contribution in [1.82, 2.24) is 9.38 Å². The number of hydrogen-bond donors (Lipinski definition) is 1. The number of benzene rings is 2. The van der Waals surface area contributed by atoms with Gasteiger partial charge in [0.1, 0.15) is 0 Å². The molecule has 0 spiro atoms. The highest BCUT2D eigenvalue weighted by Gasteiger charge is 2.23. The fraction of sp³-hybridized carbons (Fsp3) is 0. The summed E-state index contributed by atoms with van der Waals surface area (Å²) in [5.74, 6) is -8.49. The van der Waals surface area contributed by atoms with Gasteiger partial charge in [0.15, 0.2) is 28.2 Å². The van der Waals surface area contributed by atoms with Crippen LogP contribution in [0.3, 0.4) is 0 Å². The highest BCUT2D eigenvalue weighted by atomic mass is 32.1. The lowest BCUT2D eigenvalue weighted by molar-refractivity contribution is 0.102. The number of rotatable bonds is 3. The second kappa shape index (κ2) is 6.51. The summed E-state index contributed by atoms with van der Waals surface area (Å²) < 4.78 is 55.1. The van der Waals surface area contributed by atoms with Crippen molar-refractivity contribution in [3.05, 3.63) is 76.9 Å². The first-order valence-electron chi connectivity index (χ1n) is 7.61. The SMILES string of the molecule is O=C(Nc1ccc(-c2cn3ccsc3n2)cc1)c1cc(F)c(F)c(F)c1F. The third kappa shape index (κ3) is 3.06. The number of amides is 1. The lowest BCUT2D eigenvalue weighted by Crippen LogP contribution is -2.16. The van der Waals surface area contributed by atoms with Gasteiger partial charge >= 0.3 is 0 Å². The van der Waals surface area contributed by atoms with Crippen molar-refractivity contribution in [3.63, 3.8) is 0 Å². The monoisotopic (exact) mass is 391 g/mol. The number of carbonyl (C=O) groups is 1. The Morgan fingerprint density at radius 2 is 1.78 bits per heavy atom. The van der Waals surface area contributed by atoms with Crippen molar-refractivity contribution in [2.24, 2.45) is 0 Å². The highest BCUT2D eigenvalue weighted by Crippen LogP contribution is 2.24. The second-order valence-corrected chi connectivity index (χ2v) is 6.47. The number of halogens is 4. The van der Waals surface area contributed by atoms with E-state index in [1.165, 1.54) is 23.5 Å². The number of imidazole rings is 1. The standard InChI is InChI=1S/C18H9F4N3OS/c19-12-7-11(14(20)16(22)15(12)21)17(26)23-10-3-1-9(2-4-10)13-8-25-5-6-27-18(25)24-13/h1-8H,(H,23,26). The third-order valence-electron chi connectivity index (χ3n) is 3.88. The number of nitrogens with zero attached hydrogens (tertiary/aromatic N) is 2. The fourth-order valence-electron chi connectivity index (χ4n) is 2.53. The molecule has 0 aliphatic heterocycles. The molecule has 1 amide bonds. The second-order valence-electron chi connectivity index (χ2n) is 5.60. The summed E-state index contributed by atoms with van der Waals surface area (Å²) >= 11 is 1.49. The molecular weight excluding hydrogens is 382 g/mol. The first-order chi connectivity index (χ1) is 12.9. The molecule has 2 heterocycles. The van der Waals surface area contributed by atoms with E-state index in [0.717, 1.165) is 16.2 Å². The van der Waals surface area contributed by atoms with E-state index in [2.05, 4.69) is 10.3 Å². The molecule has 1 N–H and O–H groups in total. The Bertz CT molecular complexity index is 1140. The number of carbonyl (C=O) groups excluding carboxylic acids is 1. The van der Waals surface area contributed by atoms with E-state index < -0.39 is 34.7 Å². The summed E-state index contributed by atoms with van der Waals surface area (Å²) in [6, 6.07) is 6.76. The van der Waals surface area contributed by atoms with E-state index in [9.17, 15) is 22.4 Å². The van der Waals surface area contributed by atoms with Crippen LogP contribution < -0.4 is 5.32 Å². The van der Waals surface area contributed by atoms with E-state index >= 15 is 0 Å². The highest BCUT2D eigenvalue weighted by molar-refractivity contribution is 7.15. The van der Waals surface area contributed by atoms with Crippen molar-refractivity contribution in [2.45, 2.75) is 0 Å². The van der Waals surface area contributed by atoms with Crippen LogP contribution in [0.15, 0.2) is 48.1 Å². The molecule has 2 aromatic carbocycles. The molecule has 9 heteroatoms. The van der Waals surface area contributed by atoms with Crippen molar-refractivity contribution < 1.29 is 22.4 Å². The van der Waals surface area contributed by atoms with E-state index in [1.54, 1.807) is 12.1 Å². The minimum Gasteiger partial charge on any atom is -0.322 e. The summed E-state index contributed by atoms with van der Waals surface area (Å²) in [7, 11) is 0. The lowest BCUT2D eigenvalue weighted by atomic mass is 10.1. The lowest BCUT2D eigenvalue weighted by Gasteiger charge is -2.08. The van der Waals surface area contributed by atoms with Gasteiger partial charge in [-0.25, -0.2) is 22.5 Å². The van der Waals surface area contributed by atoms with Crippen LogP contribution in [-0.2, 0) is 0 Å². The Morgan fingerprint density at radius 3 is 2.48 bits per heavy atom. The third-order valence-corrected chi connectivity index (χ3v) is 4.65. The van der Waals surface area contributed by atoms with Crippen LogP contribution in [0.2, 0.25) is 0 Å². The Morgan fingerprint density at radius 1 is 1.04 bits per heavy atom. The maximum Gasteiger partial charge on any atom is 0.258 e. The molecule has 0 aliphatic rings. The summed E-state index contributed by atoms with van der Waals surface area (Å²) in [5, 5.41) is 4.22. The van der Waals surface area contributed by atoms with Gasteiger partial charge in [-0.05, 0) is 18.2 Å². The van der Waals surface area contributed by atoms with Crippen LogP contribution in [0.5, 0.6) is 0 Å². The minimum absolute atomic E-state index is 0.273. The van der Waals surface area contributed by atoms with Crippen molar-refractivity contribution in [3.8, 4) is 11.3 Å². The average molecular weight is 391 g/mol. The molecule has 136 valence electrons. The van der Waals surface area contributed by atoms with Crippen molar-refractivity contribution in [2.75, 3.05) is 5.32 Å². The molecule has 0 saturated heterocycles. The molecule has 0 fully saturated rings. The molecular formula is C18H9F4N3OS. The first-order valence-corrected chi connectivity index (χ1v) is 8.49. The van der Waals surface area contributed by atoms with Gasteiger partial charge in [0.25, 0.3) is 5.91 Å². The van der Waals surface area contributed by atoms with Gasteiger partial charge in [0.2, 0.25) is 0 Å². The Hall–Kier alpha value is -3.20. The maximum absolute atomic E-state index is 13.7. The molecule has 4 nitrogen and oxygen atoms in total. The zero-order valence-corrected chi connectivity index (χ0v) is 14.2. The van der Waals surface area contributed by atoms with Crippen LogP contribution in [0.25, 0.3) is 16.2 Å². The average Bonchev–Trinajstić information content (AvgIpc) is 3.25. The number of aromatic nitrogens is 2. The van der Waals surface area contributed by atoms with Gasteiger partial charge in [-0.1, -0.05) is 12.1 Å². The maximum atomic E-state index is 13.7. The molecule has 27 heavy (non-hydrogen) atoms. The van der Waals surface area contributed by atoms with E-state index in [-0.39, 0.29) is 5.69 Å². The summed E-state index contributed by atoms with van der Waals surface area (Å²) in [5.41, 5.74) is 0.863. The van der Waals surface area contributed by atoms with Gasteiger partial charge in [-0.3, -0.25) is 9.20 Å². The Balaban J connectivity index is 1.56. The zero-order valence-electron chi connectivity index (χ0n) is 13.3. The molecule has 0 aliphatic carbocycles. The Kier molecular flexibility index (Phi) is 4.15. The van der Waals surface area contributed by atoms with Gasteiger partial charge in [0.05, 0.1) is 11.3 Å². The molecule has 2 aromatic heterocycles. The molecule has 0 atom stereocenters. The summed E-state index contributed by atoms with van der Waals surface area (Å²) in [6.07, 6.45) is 3.72. The molecule has 0 unspecified atom stereocenters. The van der Waals surface area contributed by atoms with E-state index in [1.807, 2.05) is 22.2 Å². The molecule has 0 saturated carbocycles. The zero-order chi connectivity index (χ0) is 19.1. The van der Waals surface area contributed by atoms with Crippen LogP contribution in [-0.4, -0.2) is 15.3 Å². The van der Waals surface area contributed by atoms with Crippen LogP contribution in [0.1, 0.15) is 10.4 Å². The topological polar surface area (TPSA) is 46.4 Å². The number of hydrogen-bond acceptors (Lipinski definition) is 3.